The summed E-state index contributed by atoms with van der Waals surface area (Å²) in [5.41, 5.74) is -0.339. The quantitative estimate of drug-likeness (QED) is 0.757. The van der Waals surface area contributed by atoms with Crippen molar-refractivity contribution in [3.05, 3.63) is 58.1 Å². The Kier molecular flexibility index (Phi) is 6.03. The summed E-state index contributed by atoms with van der Waals surface area (Å²) in [6.45, 7) is 1.65. The molecular formula is C19H18ClF3N2O4S. The second kappa shape index (κ2) is 8.09. The smallest absolute Gasteiger partial charge is 0.417 e. The van der Waals surface area contributed by atoms with Gasteiger partial charge in [0.1, 0.15) is 5.75 Å². The Hall–Kier alpha value is -2.30. The van der Waals surface area contributed by atoms with Crippen LogP contribution in [0, 0.1) is 6.92 Å². The van der Waals surface area contributed by atoms with Gasteiger partial charge in [0.2, 0.25) is 10.0 Å². The van der Waals surface area contributed by atoms with Gasteiger partial charge in [0.05, 0.1) is 21.0 Å². The van der Waals surface area contributed by atoms with Crippen molar-refractivity contribution in [2.24, 2.45) is 0 Å². The zero-order valence-electron chi connectivity index (χ0n) is 15.8. The molecule has 0 aliphatic carbocycles. The molecule has 0 unspecified atom stereocenters. The van der Waals surface area contributed by atoms with Crippen LogP contribution in [0.1, 0.15) is 21.5 Å². The maximum Gasteiger partial charge on any atom is 0.417 e. The summed E-state index contributed by atoms with van der Waals surface area (Å²) >= 11 is 5.56. The Labute approximate surface area is 176 Å². The van der Waals surface area contributed by atoms with Gasteiger partial charge in [0.15, 0.2) is 0 Å². The van der Waals surface area contributed by atoms with E-state index in [0.717, 1.165) is 22.0 Å². The Morgan fingerprint density at radius 1 is 1.07 bits per heavy atom. The molecule has 1 fully saturated rings. The van der Waals surface area contributed by atoms with Gasteiger partial charge in [-0.25, -0.2) is 8.42 Å². The van der Waals surface area contributed by atoms with Crippen molar-refractivity contribution >= 4 is 27.5 Å². The number of hydrogen-bond donors (Lipinski definition) is 1. The number of halogens is 4. The van der Waals surface area contributed by atoms with E-state index in [1.54, 1.807) is 13.0 Å². The van der Waals surface area contributed by atoms with Crippen LogP contribution in [0.5, 0.6) is 5.75 Å². The van der Waals surface area contributed by atoms with Crippen molar-refractivity contribution in [1.29, 1.82) is 0 Å². The topological polar surface area (TPSA) is 77.9 Å². The van der Waals surface area contributed by atoms with Gasteiger partial charge in [-0.15, -0.1) is 0 Å². The predicted molar refractivity (Wildman–Crippen MR) is 104 cm³/mol. The van der Waals surface area contributed by atoms with E-state index in [1.807, 2.05) is 0 Å². The summed E-state index contributed by atoms with van der Waals surface area (Å²) in [6, 6.07) is 7.03. The molecule has 1 aliphatic heterocycles. The predicted octanol–water partition coefficient (Wildman–Crippen LogP) is 3.52. The summed E-state index contributed by atoms with van der Waals surface area (Å²) in [6.07, 6.45) is -4.79. The average molecular weight is 463 g/mol. The fraction of sp³-hybridized carbons (Fsp3) is 0.316. The third kappa shape index (κ3) is 4.40. The van der Waals surface area contributed by atoms with Crippen LogP contribution in [-0.2, 0) is 16.2 Å². The Morgan fingerprint density at radius 2 is 1.70 bits per heavy atom. The molecule has 2 aromatic carbocycles. The highest BCUT2D eigenvalue weighted by Crippen LogP contribution is 2.36. The summed E-state index contributed by atoms with van der Waals surface area (Å²) in [4.78, 5) is 13.5. The molecule has 0 saturated carbocycles. The molecule has 2 aromatic rings. The molecule has 3 rings (SSSR count). The van der Waals surface area contributed by atoms with Crippen LogP contribution >= 0.6 is 11.6 Å². The molecule has 1 N–H and O–H groups in total. The van der Waals surface area contributed by atoms with E-state index in [-0.39, 0.29) is 37.5 Å². The number of amides is 1. The SMILES string of the molecule is Cc1ccc(O)c(C(=O)N2CCN(S(=O)(=O)c3ccc(Cl)c(C(F)(F)F)c3)CC2)c1. The van der Waals surface area contributed by atoms with Gasteiger partial charge in [-0.05, 0) is 37.3 Å². The highest BCUT2D eigenvalue weighted by molar-refractivity contribution is 7.89. The van der Waals surface area contributed by atoms with Crippen molar-refractivity contribution in [2.45, 2.75) is 18.0 Å². The van der Waals surface area contributed by atoms with E-state index in [9.17, 15) is 31.5 Å². The van der Waals surface area contributed by atoms with E-state index < -0.39 is 37.6 Å². The minimum absolute atomic E-state index is 0.0329. The van der Waals surface area contributed by atoms with Crippen LogP contribution in [0.2, 0.25) is 5.02 Å². The molecule has 0 bridgehead atoms. The first kappa shape index (κ1) is 22.4. The van der Waals surface area contributed by atoms with Gasteiger partial charge in [-0.3, -0.25) is 4.79 Å². The average Bonchev–Trinajstić information content (AvgIpc) is 2.68. The normalized spacial score (nSPS) is 16.0. The molecule has 1 amide bonds. The number of nitrogens with zero attached hydrogens (tertiary/aromatic N) is 2. The number of phenols is 1. The number of hydrogen-bond acceptors (Lipinski definition) is 4. The number of sulfonamides is 1. The van der Waals surface area contributed by atoms with Crippen LogP contribution in [0.25, 0.3) is 0 Å². The minimum Gasteiger partial charge on any atom is -0.507 e. The fourth-order valence-corrected chi connectivity index (χ4v) is 4.83. The Morgan fingerprint density at radius 3 is 2.30 bits per heavy atom. The Bertz CT molecular complexity index is 1080. The first-order chi connectivity index (χ1) is 13.9. The molecule has 11 heteroatoms. The van der Waals surface area contributed by atoms with E-state index in [1.165, 1.54) is 17.0 Å². The van der Waals surface area contributed by atoms with Crippen LogP contribution in [0.4, 0.5) is 13.2 Å². The van der Waals surface area contributed by atoms with E-state index in [2.05, 4.69) is 0 Å². The number of rotatable bonds is 3. The highest BCUT2D eigenvalue weighted by Gasteiger charge is 2.36. The van der Waals surface area contributed by atoms with E-state index in [4.69, 9.17) is 11.6 Å². The van der Waals surface area contributed by atoms with Crippen molar-refractivity contribution in [3.63, 3.8) is 0 Å². The highest BCUT2D eigenvalue weighted by atomic mass is 35.5. The van der Waals surface area contributed by atoms with Crippen molar-refractivity contribution in [3.8, 4) is 5.75 Å². The number of benzene rings is 2. The fourth-order valence-electron chi connectivity index (χ4n) is 3.15. The van der Waals surface area contributed by atoms with Crippen molar-refractivity contribution in [2.75, 3.05) is 26.2 Å². The molecule has 162 valence electrons. The lowest BCUT2D eigenvalue weighted by Gasteiger charge is -2.34. The van der Waals surface area contributed by atoms with Gasteiger partial charge in [-0.2, -0.15) is 17.5 Å². The van der Waals surface area contributed by atoms with Crippen LogP contribution in [0.15, 0.2) is 41.3 Å². The minimum atomic E-state index is -4.79. The molecule has 0 aromatic heterocycles. The summed E-state index contributed by atoms with van der Waals surface area (Å²) in [5, 5.41) is 9.34. The van der Waals surface area contributed by atoms with Gasteiger partial charge in [0.25, 0.3) is 5.91 Å². The first-order valence-corrected chi connectivity index (χ1v) is 10.7. The van der Waals surface area contributed by atoms with Gasteiger partial charge >= 0.3 is 6.18 Å². The molecule has 30 heavy (non-hydrogen) atoms. The van der Waals surface area contributed by atoms with Crippen LogP contribution in [0.3, 0.4) is 0 Å². The summed E-state index contributed by atoms with van der Waals surface area (Å²) in [5.74, 6) is -0.624. The monoisotopic (exact) mass is 462 g/mol. The van der Waals surface area contributed by atoms with Crippen molar-refractivity contribution in [1.82, 2.24) is 9.21 Å². The molecule has 0 radical (unpaired) electrons. The molecule has 0 spiro atoms. The summed E-state index contributed by atoms with van der Waals surface area (Å²) < 4.78 is 65.8. The van der Waals surface area contributed by atoms with E-state index in [0.29, 0.717) is 6.07 Å². The summed E-state index contributed by atoms with van der Waals surface area (Å²) in [7, 11) is -4.20. The molecular weight excluding hydrogens is 445 g/mol. The number of carbonyl (C=O) groups excluding carboxylic acids is 1. The van der Waals surface area contributed by atoms with Gasteiger partial charge in [-0.1, -0.05) is 23.2 Å². The van der Waals surface area contributed by atoms with E-state index >= 15 is 0 Å². The first-order valence-electron chi connectivity index (χ1n) is 8.87. The molecule has 1 saturated heterocycles. The third-order valence-electron chi connectivity index (χ3n) is 4.79. The lowest BCUT2D eigenvalue weighted by atomic mass is 10.1. The number of alkyl halides is 3. The van der Waals surface area contributed by atoms with Gasteiger partial charge < -0.3 is 10.0 Å². The third-order valence-corrected chi connectivity index (χ3v) is 7.01. The lowest BCUT2D eigenvalue weighted by Crippen LogP contribution is -2.50. The number of carbonyl (C=O) groups is 1. The van der Waals surface area contributed by atoms with Crippen LogP contribution in [-0.4, -0.2) is 54.8 Å². The Balaban J connectivity index is 1.77. The maximum absolute atomic E-state index is 13.1. The number of aryl methyl sites for hydroxylation is 1. The largest absolute Gasteiger partial charge is 0.507 e. The van der Waals surface area contributed by atoms with Gasteiger partial charge in [0, 0.05) is 26.2 Å². The van der Waals surface area contributed by atoms with Crippen molar-refractivity contribution < 1.29 is 31.5 Å². The zero-order chi connectivity index (χ0) is 22.3. The second-order valence-electron chi connectivity index (χ2n) is 6.86. The number of aromatic hydroxyl groups is 1. The molecule has 1 aliphatic rings. The zero-order valence-corrected chi connectivity index (χ0v) is 17.4. The number of piperazine rings is 1. The number of phenolic OH excluding ortho intramolecular Hbond substituents is 1. The molecule has 0 atom stereocenters. The second-order valence-corrected chi connectivity index (χ2v) is 9.20. The molecule has 1 heterocycles. The lowest BCUT2D eigenvalue weighted by molar-refractivity contribution is -0.137. The van der Waals surface area contributed by atoms with Crippen LogP contribution < -0.4 is 0 Å². The standard InChI is InChI=1S/C19H18ClF3N2O4S/c1-12-2-5-17(26)14(10-12)18(27)24-6-8-25(9-7-24)30(28,29)13-3-4-16(20)15(11-13)19(21,22)23/h2-5,10-11,26H,6-9H2,1H3. The molecule has 6 nitrogen and oxygen atoms in total. The maximum atomic E-state index is 13.1.